The molecule has 1 fully saturated rings. The fourth-order valence-corrected chi connectivity index (χ4v) is 4.51. The molecule has 1 unspecified atom stereocenters. The molecule has 1 saturated carbocycles. The zero-order valence-corrected chi connectivity index (χ0v) is 16.2. The Hall–Kier alpha value is -1.29. The number of benzene rings is 2. The fraction of sp³-hybridized carbons (Fsp3) is 0.235. The normalized spacial score (nSPS) is 15.3. The van der Waals surface area contributed by atoms with E-state index in [2.05, 4.69) is 10.0 Å². The zero-order chi connectivity index (χ0) is 18.1. The van der Waals surface area contributed by atoms with E-state index in [0.717, 1.165) is 12.8 Å². The fourth-order valence-electron chi connectivity index (χ4n) is 2.31. The quantitative estimate of drug-likeness (QED) is 0.231. The summed E-state index contributed by atoms with van der Waals surface area (Å²) in [6.07, 6.45) is 2.00. The number of rotatable bonds is 5. The van der Waals surface area contributed by atoms with Crippen molar-refractivity contribution in [2.75, 3.05) is 10.0 Å². The van der Waals surface area contributed by atoms with E-state index < -0.39 is 39.6 Å². The van der Waals surface area contributed by atoms with Crippen molar-refractivity contribution in [3.05, 3.63) is 51.1 Å². The van der Waals surface area contributed by atoms with Crippen LogP contribution < -0.4 is 10.0 Å². The summed E-state index contributed by atoms with van der Waals surface area (Å²) in [4.78, 5) is 0. The van der Waals surface area contributed by atoms with Crippen LogP contribution in [0, 0.1) is 26.8 Å². The molecule has 0 bridgehead atoms. The van der Waals surface area contributed by atoms with Gasteiger partial charge in [-0.1, -0.05) is 10.7 Å². The third-order valence-corrected chi connectivity index (χ3v) is 6.53. The maximum atomic E-state index is 14.3. The van der Waals surface area contributed by atoms with Crippen LogP contribution in [0.4, 0.5) is 34.6 Å². The van der Waals surface area contributed by atoms with E-state index >= 15 is 0 Å². The van der Waals surface area contributed by atoms with Gasteiger partial charge in [0.25, 0.3) is 0 Å². The van der Waals surface area contributed by atoms with Crippen molar-refractivity contribution in [2.45, 2.75) is 25.0 Å². The van der Waals surface area contributed by atoms with E-state index in [1.807, 2.05) is 34.9 Å². The van der Waals surface area contributed by atoms with E-state index in [1.165, 1.54) is 12.1 Å². The lowest BCUT2D eigenvalue weighted by Crippen LogP contribution is -2.07. The lowest BCUT2D eigenvalue weighted by atomic mass is 10.2. The average molecular weight is 482 g/mol. The van der Waals surface area contributed by atoms with Crippen molar-refractivity contribution in [3.63, 3.8) is 0 Å². The number of halogens is 5. The van der Waals surface area contributed by atoms with E-state index in [9.17, 15) is 17.6 Å². The number of anilines is 3. The zero-order valence-electron chi connectivity index (χ0n) is 13.2. The van der Waals surface area contributed by atoms with E-state index in [1.54, 1.807) is 6.07 Å². The molecule has 25 heavy (non-hydrogen) atoms. The molecule has 0 aliphatic heterocycles. The molecular formula is C17H15F4IN2S. The predicted octanol–water partition coefficient (Wildman–Crippen LogP) is 6.17. The molecule has 0 heterocycles. The molecule has 8 heteroatoms. The summed E-state index contributed by atoms with van der Waals surface area (Å²) in [6.45, 7) is 1.83. The van der Waals surface area contributed by atoms with Crippen LogP contribution in [0.5, 0.6) is 0 Å². The Labute approximate surface area is 159 Å². The second-order valence-electron chi connectivity index (χ2n) is 5.56. The molecule has 1 aliphatic rings. The summed E-state index contributed by atoms with van der Waals surface area (Å²) in [5.74, 6) is -4.14. The van der Waals surface area contributed by atoms with Gasteiger partial charge in [-0.25, -0.2) is 17.6 Å². The molecule has 2 N–H and O–H groups in total. The van der Waals surface area contributed by atoms with Crippen LogP contribution in [0.3, 0.4) is 0 Å². The second kappa shape index (κ2) is 7.53. The largest absolute Gasteiger partial charge is 0.349 e. The molecular weight excluding hydrogens is 467 g/mol. The van der Waals surface area contributed by atoms with Gasteiger partial charge in [0, 0.05) is 14.9 Å². The number of hydrogen-bond acceptors (Lipinski definition) is 2. The van der Waals surface area contributed by atoms with Crippen LogP contribution in [0.1, 0.15) is 19.8 Å². The van der Waals surface area contributed by atoms with Gasteiger partial charge in [-0.2, -0.15) is 0 Å². The smallest absolute Gasteiger partial charge is 0.184 e. The van der Waals surface area contributed by atoms with Gasteiger partial charge in [-0.05, 0) is 65.9 Å². The maximum Gasteiger partial charge on any atom is 0.184 e. The Kier molecular flexibility index (Phi) is 5.57. The molecule has 1 aliphatic carbocycles. The van der Waals surface area contributed by atoms with Crippen LogP contribution in [-0.2, 0) is 0 Å². The first-order chi connectivity index (χ1) is 11.9. The molecule has 2 aromatic carbocycles. The van der Waals surface area contributed by atoms with Crippen molar-refractivity contribution in [1.29, 1.82) is 0 Å². The van der Waals surface area contributed by atoms with Crippen molar-refractivity contribution in [3.8, 4) is 0 Å². The molecule has 0 spiro atoms. The van der Waals surface area contributed by atoms with Crippen molar-refractivity contribution in [2.24, 2.45) is 0 Å². The van der Waals surface area contributed by atoms with Crippen LogP contribution in [0.15, 0.2) is 24.3 Å². The van der Waals surface area contributed by atoms with Crippen molar-refractivity contribution < 1.29 is 17.6 Å². The monoisotopic (exact) mass is 482 g/mol. The van der Waals surface area contributed by atoms with Gasteiger partial charge in [0.05, 0.1) is 5.69 Å². The Bertz CT molecular complexity index is 853. The lowest BCUT2D eigenvalue weighted by Gasteiger charge is -2.18. The minimum Gasteiger partial charge on any atom is -0.349 e. The Morgan fingerprint density at radius 2 is 1.76 bits per heavy atom. The van der Waals surface area contributed by atoms with Gasteiger partial charge in [-0.15, -0.1) is 0 Å². The molecule has 134 valence electrons. The molecule has 2 aromatic rings. The average Bonchev–Trinajstić information content (AvgIpc) is 3.39. The van der Waals surface area contributed by atoms with E-state index in [0.29, 0.717) is 14.9 Å². The SMILES string of the molecule is C/C=S(/Nc1c(F)cc(F)c(F)c1Nc1ccc(I)cc1F)C1CC1. The van der Waals surface area contributed by atoms with Gasteiger partial charge < -0.3 is 10.0 Å². The molecule has 0 aromatic heterocycles. The minimum atomic E-state index is -1.33. The molecule has 3 rings (SSSR count). The summed E-state index contributed by atoms with van der Waals surface area (Å²) in [6, 6.07) is 4.76. The van der Waals surface area contributed by atoms with Crippen LogP contribution in [-0.4, -0.2) is 10.6 Å². The molecule has 0 saturated heterocycles. The number of hydrogen-bond donors (Lipinski definition) is 2. The summed E-state index contributed by atoms with van der Waals surface area (Å²) >= 11 is 1.94. The first kappa shape index (κ1) is 18.5. The van der Waals surface area contributed by atoms with Gasteiger partial charge in [0.15, 0.2) is 17.5 Å². The summed E-state index contributed by atoms with van der Waals surface area (Å²) < 4.78 is 60.0. The third-order valence-electron chi connectivity index (χ3n) is 3.72. The van der Waals surface area contributed by atoms with Crippen LogP contribution in [0.25, 0.3) is 0 Å². The maximum absolute atomic E-state index is 14.3. The topological polar surface area (TPSA) is 24.1 Å². The van der Waals surface area contributed by atoms with Crippen molar-refractivity contribution >= 4 is 55.7 Å². The highest BCUT2D eigenvalue weighted by atomic mass is 127. The second-order valence-corrected chi connectivity index (χ2v) is 8.89. The van der Waals surface area contributed by atoms with Crippen LogP contribution in [0.2, 0.25) is 0 Å². The van der Waals surface area contributed by atoms with Crippen LogP contribution >= 0.6 is 33.3 Å². The highest BCUT2D eigenvalue weighted by Crippen LogP contribution is 2.43. The highest BCUT2D eigenvalue weighted by Gasteiger charge is 2.27. The third kappa shape index (κ3) is 4.11. The van der Waals surface area contributed by atoms with E-state index in [4.69, 9.17) is 0 Å². The standard InChI is InChI=1S/C17H15F4IN2S/c1-2-25(10-4-5-10)24-16-13(20)8-12(19)15(21)17(16)23-14-6-3-9(22)7-11(14)18/h2-3,6-8,10,23-24H,4-5H2,1H3. The molecule has 0 radical (unpaired) electrons. The Morgan fingerprint density at radius 1 is 1.04 bits per heavy atom. The number of nitrogens with one attached hydrogen (secondary N) is 2. The summed E-state index contributed by atoms with van der Waals surface area (Å²) in [7, 11) is -0.465. The summed E-state index contributed by atoms with van der Waals surface area (Å²) in [5, 5.41) is 4.75. The van der Waals surface area contributed by atoms with Crippen molar-refractivity contribution in [1.82, 2.24) is 0 Å². The van der Waals surface area contributed by atoms with Gasteiger partial charge >= 0.3 is 0 Å². The van der Waals surface area contributed by atoms with Gasteiger partial charge in [0.2, 0.25) is 0 Å². The first-order valence-corrected chi connectivity index (χ1v) is 10.0. The predicted molar refractivity (Wildman–Crippen MR) is 105 cm³/mol. The first-order valence-electron chi connectivity index (χ1n) is 7.58. The highest BCUT2D eigenvalue weighted by molar-refractivity contribution is 14.1. The molecule has 0 amide bonds. The Morgan fingerprint density at radius 3 is 2.36 bits per heavy atom. The summed E-state index contributed by atoms with van der Waals surface area (Å²) in [5.41, 5.74) is -0.679. The molecule has 2 nitrogen and oxygen atoms in total. The molecule has 1 atom stereocenters. The Balaban J connectivity index is 2.03. The minimum absolute atomic E-state index is 0.0563. The van der Waals surface area contributed by atoms with Gasteiger partial charge in [-0.3, -0.25) is 0 Å². The van der Waals surface area contributed by atoms with E-state index in [-0.39, 0.29) is 11.4 Å². The lowest BCUT2D eigenvalue weighted by molar-refractivity contribution is 0.499. The van der Waals surface area contributed by atoms with Gasteiger partial charge in [0.1, 0.15) is 17.2 Å².